The lowest BCUT2D eigenvalue weighted by Crippen LogP contribution is -2.43. The van der Waals surface area contributed by atoms with Gasteiger partial charge in [-0.05, 0) is 62.1 Å². The monoisotopic (exact) mass is 409 g/mol. The largest absolute Gasteiger partial charge is 0.492 e. The van der Waals surface area contributed by atoms with Gasteiger partial charge in [-0.3, -0.25) is 0 Å². The molecule has 1 heterocycles. The van der Waals surface area contributed by atoms with Crippen LogP contribution in [0.4, 0.5) is 0 Å². The second-order valence-corrected chi connectivity index (χ2v) is 8.88. The number of benzene rings is 2. The van der Waals surface area contributed by atoms with Gasteiger partial charge in [0.05, 0.1) is 10.9 Å². The maximum absolute atomic E-state index is 12.9. The fraction of sp³-hybridized carbons (Fsp3) is 0.333. The van der Waals surface area contributed by atoms with Crippen molar-refractivity contribution >= 4 is 26.0 Å². The summed E-state index contributed by atoms with van der Waals surface area (Å²) < 4.78 is 35.2. The lowest BCUT2D eigenvalue weighted by atomic mass is 10.0. The zero-order valence-corrected chi connectivity index (χ0v) is 16.3. The Labute approximate surface area is 151 Å². The summed E-state index contributed by atoms with van der Waals surface area (Å²) in [7, 11) is -3.59. The van der Waals surface area contributed by atoms with E-state index in [0.29, 0.717) is 17.9 Å². The van der Waals surface area contributed by atoms with Gasteiger partial charge in [0.25, 0.3) is 0 Å². The molecule has 0 fully saturated rings. The molecule has 1 N–H and O–H groups in total. The zero-order chi connectivity index (χ0) is 17.5. The lowest BCUT2D eigenvalue weighted by Gasteiger charge is -2.26. The Balaban J connectivity index is 1.86. The summed E-state index contributed by atoms with van der Waals surface area (Å²) in [5, 5.41) is 0. The molecule has 0 radical (unpaired) electrons. The van der Waals surface area contributed by atoms with Crippen LogP contribution >= 0.6 is 15.9 Å². The van der Waals surface area contributed by atoms with Crippen LogP contribution in [0.25, 0.3) is 0 Å². The number of ether oxygens (including phenoxy) is 1. The van der Waals surface area contributed by atoms with Crippen molar-refractivity contribution in [3.05, 3.63) is 57.1 Å². The second kappa shape index (κ2) is 6.50. The topological polar surface area (TPSA) is 55.4 Å². The molecule has 0 saturated heterocycles. The molecule has 2 aromatic carbocycles. The van der Waals surface area contributed by atoms with Crippen molar-refractivity contribution in [3.63, 3.8) is 0 Å². The van der Waals surface area contributed by atoms with Crippen LogP contribution in [0.1, 0.15) is 22.3 Å². The van der Waals surface area contributed by atoms with Crippen molar-refractivity contribution in [1.29, 1.82) is 0 Å². The van der Waals surface area contributed by atoms with Crippen molar-refractivity contribution in [2.75, 3.05) is 6.61 Å². The highest BCUT2D eigenvalue weighted by Crippen LogP contribution is 2.29. The molecule has 0 spiro atoms. The van der Waals surface area contributed by atoms with Crippen LogP contribution < -0.4 is 9.46 Å². The minimum absolute atomic E-state index is 0.281. The average Bonchev–Trinajstić information content (AvgIpc) is 2.44. The molecule has 3 rings (SSSR count). The smallest absolute Gasteiger partial charge is 0.241 e. The van der Waals surface area contributed by atoms with Gasteiger partial charge >= 0.3 is 0 Å². The fourth-order valence-corrected chi connectivity index (χ4v) is 5.39. The summed E-state index contributed by atoms with van der Waals surface area (Å²) in [6.07, 6.45) is 0.609. The van der Waals surface area contributed by atoms with E-state index >= 15 is 0 Å². The Morgan fingerprint density at radius 2 is 1.79 bits per heavy atom. The van der Waals surface area contributed by atoms with E-state index in [1.165, 1.54) is 0 Å². The third-order valence-corrected chi connectivity index (χ3v) is 6.44. The van der Waals surface area contributed by atoms with Crippen LogP contribution in [0.2, 0.25) is 0 Å². The third-order valence-electron chi connectivity index (χ3n) is 4.12. The number of nitrogens with one attached hydrogen (secondary N) is 1. The molecule has 0 amide bonds. The van der Waals surface area contributed by atoms with E-state index in [0.717, 1.165) is 32.5 Å². The summed E-state index contributed by atoms with van der Waals surface area (Å²) in [6.45, 7) is 5.96. The van der Waals surface area contributed by atoms with Crippen molar-refractivity contribution in [2.45, 2.75) is 38.1 Å². The summed E-state index contributed by atoms with van der Waals surface area (Å²) in [4.78, 5) is 0.369. The van der Waals surface area contributed by atoms with Gasteiger partial charge in [0, 0.05) is 4.47 Å². The molecule has 1 aliphatic rings. The molecule has 0 aromatic heterocycles. The van der Waals surface area contributed by atoms with E-state index in [9.17, 15) is 8.42 Å². The highest BCUT2D eigenvalue weighted by molar-refractivity contribution is 9.10. The number of halogens is 1. The van der Waals surface area contributed by atoms with Crippen LogP contribution in [0, 0.1) is 20.8 Å². The molecule has 24 heavy (non-hydrogen) atoms. The standard InChI is InChI=1S/C18H20BrNO3S/c1-11-6-12(2)18(13(3)7-11)24(21,22)20-16-9-14-8-15(19)4-5-17(14)23-10-16/h4-8,16,20H,9-10H2,1-3H3/t16-/m0/s1. The van der Waals surface area contributed by atoms with Gasteiger partial charge in [-0.25, -0.2) is 13.1 Å². The predicted molar refractivity (Wildman–Crippen MR) is 98.1 cm³/mol. The molecule has 0 bridgehead atoms. The number of rotatable bonds is 3. The quantitative estimate of drug-likeness (QED) is 0.841. The van der Waals surface area contributed by atoms with Crippen LogP contribution in [-0.4, -0.2) is 21.1 Å². The second-order valence-electron chi connectivity index (χ2n) is 6.31. The number of aryl methyl sites for hydroxylation is 3. The Bertz CT molecular complexity index is 870. The summed E-state index contributed by atoms with van der Waals surface area (Å²) in [5.41, 5.74) is 3.59. The summed E-state index contributed by atoms with van der Waals surface area (Å²) in [5.74, 6) is 0.816. The Morgan fingerprint density at radius 3 is 2.46 bits per heavy atom. The molecule has 0 saturated carbocycles. The molecule has 6 heteroatoms. The van der Waals surface area contributed by atoms with Gasteiger partial charge in [0.2, 0.25) is 10.0 Å². The van der Waals surface area contributed by atoms with Crippen LogP contribution in [-0.2, 0) is 16.4 Å². The minimum atomic E-state index is -3.59. The molecule has 1 aliphatic heterocycles. The Morgan fingerprint density at radius 1 is 1.12 bits per heavy atom. The van der Waals surface area contributed by atoms with Crippen molar-refractivity contribution < 1.29 is 13.2 Å². The first-order valence-corrected chi connectivity index (χ1v) is 10.1. The first-order valence-electron chi connectivity index (χ1n) is 7.77. The number of hydrogen-bond acceptors (Lipinski definition) is 3. The van der Waals surface area contributed by atoms with Crippen LogP contribution in [0.5, 0.6) is 5.75 Å². The van der Waals surface area contributed by atoms with E-state index in [4.69, 9.17) is 4.74 Å². The molecule has 128 valence electrons. The van der Waals surface area contributed by atoms with E-state index in [1.54, 1.807) is 0 Å². The molecule has 1 atom stereocenters. The van der Waals surface area contributed by atoms with Gasteiger partial charge in [0.15, 0.2) is 0 Å². The number of fused-ring (bicyclic) bond motifs is 1. The predicted octanol–water partition coefficient (Wildman–Crippen LogP) is 3.66. The number of sulfonamides is 1. The van der Waals surface area contributed by atoms with Gasteiger partial charge < -0.3 is 4.74 Å². The van der Waals surface area contributed by atoms with Gasteiger partial charge in [-0.2, -0.15) is 0 Å². The molecule has 2 aromatic rings. The van der Waals surface area contributed by atoms with Gasteiger partial charge in [-0.15, -0.1) is 0 Å². The lowest BCUT2D eigenvalue weighted by molar-refractivity contribution is 0.254. The van der Waals surface area contributed by atoms with Gasteiger partial charge in [0.1, 0.15) is 12.4 Å². The highest BCUT2D eigenvalue weighted by Gasteiger charge is 2.27. The third kappa shape index (κ3) is 3.50. The molecular weight excluding hydrogens is 390 g/mol. The first-order chi connectivity index (χ1) is 11.3. The Hall–Kier alpha value is -1.37. The van der Waals surface area contributed by atoms with Crippen molar-refractivity contribution in [2.24, 2.45) is 0 Å². The van der Waals surface area contributed by atoms with Crippen LogP contribution in [0.15, 0.2) is 39.7 Å². The molecule has 0 aliphatic carbocycles. The fourth-order valence-electron chi connectivity index (χ4n) is 3.31. The number of hydrogen-bond donors (Lipinski definition) is 1. The molecule has 0 unspecified atom stereocenters. The SMILES string of the molecule is Cc1cc(C)c(S(=O)(=O)N[C@@H]2COc3ccc(Br)cc3C2)c(C)c1. The van der Waals surface area contributed by atoms with E-state index in [2.05, 4.69) is 20.7 Å². The molecule has 4 nitrogen and oxygen atoms in total. The van der Waals surface area contributed by atoms with Gasteiger partial charge in [-0.1, -0.05) is 33.6 Å². The van der Waals surface area contributed by atoms with Crippen LogP contribution in [0.3, 0.4) is 0 Å². The maximum Gasteiger partial charge on any atom is 0.241 e. The average molecular weight is 410 g/mol. The van der Waals surface area contributed by atoms with Crippen molar-refractivity contribution in [3.8, 4) is 5.75 Å². The van der Waals surface area contributed by atoms with E-state index in [-0.39, 0.29) is 6.04 Å². The summed E-state index contributed by atoms with van der Waals surface area (Å²) in [6, 6.07) is 9.30. The summed E-state index contributed by atoms with van der Waals surface area (Å²) >= 11 is 3.44. The zero-order valence-electron chi connectivity index (χ0n) is 13.9. The maximum atomic E-state index is 12.9. The minimum Gasteiger partial charge on any atom is -0.492 e. The molecular formula is C18H20BrNO3S. The van der Waals surface area contributed by atoms with E-state index in [1.807, 2.05) is 51.1 Å². The Kier molecular flexibility index (Phi) is 4.73. The van der Waals surface area contributed by atoms with Crippen molar-refractivity contribution in [1.82, 2.24) is 4.72 Å². The highest BCUT2D eigenvalue weighted by atomic mass is 79.9. The van der Waals surface area contributed by atoms with E-state index < -0.39 is 10.0 Å². The first kappa shape index (κ1) is 17.5. The normalized spacial score (nSPS) is 17.2.